The van der Waals surface area contributed by atoms with Gasteiger partial charge in [0, 0.05) is 12.2 Å². The molecular formula is C11H23N. The monoisotopic (exact) mass is 169 g/mol. The molecule has 0 rings (SSSR count). The van der Waals surface area contributed by atoms with E-state index in [-0.39, 0.29) is 0 Å². The van der Waals surface area contributed by atoms with Crippen LogP contribution < -0.4 is 5.32 Å². The molecule has 0 heterocycles. The third-order valence-electron chi connectivity index (χ3n) is 2.40. The molecule has 0 saturated heterocycles. The predicted octanol–water partition coefficient (Wildman–Crippen LogP) is 3.18. The van der Waals surface area contributed by atoms with Crippen LogP contribution in [0.4, 0.5) is 0 Å². The van der Waals surface area contributed by atoms with Crippen LogP contribution in [-0.2, 0) is 0 Å². The van der Waals surface area contributed by atoms with Crippen LogP contribution in [0.5, 0.6) is 0 Å². The maximum atomic E-state index is 3.80. The molecule has 0 spiro atoms. The fraction of sp³-hybridized carbons (Fsp3) is 0.818. The summed E-state index contributed by atoms with van der Waals surface area (Å²) in [5.41, 5.74) is 1.08. The first-order valence-electron chi connectivity index (χ1n) is 4.93. The van der Waals surface area contributed by atoms with Crippen molar-refractivity contribution in [2.24, 2.45) is 11.8 Å². The molecule has 0 saturated carbocycles. The van der Waals surface area contributed by atoms with E-state index in [1.807, 2.05) is 6.92 Å². The van der Waals surface area contributed by atoms with Crippen LogP contribution in [0.3, 0.4) is 0 Å². The zero-order valence-corrected chi connectivity index (χ0v) is 8.98. The minimum Gasteiger partial charge on any atom is -0.389 e. The minimum absolute atomic E-state index is 0.815. The van der Waals surface area contributed by atoms with Gasteiger partial charge in [0.2, 0.25) is 0 Å². The zero-order chi connectivity index (χ0) is 9.56. The van der Waals surface area contributed by atoms with Crippen LogP contribution in [0.1, 0.15) is 40.5 Å². The van der Waals surface area contributed by atoms with Gasteiger partial charge in [-0.15, -0.1) is 0 Å². The molecule has 1 atom stereocenters. The summed E-state index contributed by atoms with van der Waals surface area (Å²) in [4.78, 5) is 0. The zero-order valence-electron chi connectivity index (χ0n) is 8.98. The lowest BCUT2D eigenvalue weighted by Gasteiger charge is -2.15. The smallest absolute Gasteiger partial charge is 0.0143 e. The van der Waals surface area contributed by atoms with Crippen molar-refractivity contribution in [2.45, 2.75) is 40.5 Å². The summed E-state index contributed by atoms with van der Waals surface area (Å²) >= 11 is 0. The number of rotatable bonds is 6. The van der Waals surface area contributed by atoms with Gasteiger partial charge in [-0.1, -0.05) is 27.4 Å². The molecule has 0 fully saturated rings. The number of nitrogens with one attached hydrogen (secondary N) is 1. The first-order chi connectivity index (χ1) is 5.54. The Morgan fingerprint density at radius 2 is 1.92 bits per heavy atom. The van der Waals surface area contributed by atoms with E-state index in [1.54, 1.807) is 0 Å². The topological polar surface area (TPSA) is 12.0 Å². The lowest BCUT2D eigenvalue weighted by Crippen LogP contribution is -2.13. The van der Waals surface area contributed by atoms with Gasteiger partial charge in [-0.25, -0.2) is 0 Å². The third kappa shape index (κ3) is 6.26. The van der Waals surface area contributed by atoms with E-state index in [9.17, 15) is 0 Å². The standard InChI is InChI=1S/C11H23N/c1-9(2)11(5)7-6-8-12-10(3)4/h9,11-12H,3,6-8H2,1-2,4-5H3. The van der Waals surface area contributed by atoms with Gasteiger partial charge in [0.15, 0.2) is 0 Å². The molecule has 0 aliphatic rings. The quantitative estimate of drug-likeness (QED) is 0.602. The second-order valence-electron chi connectivity index (χ2n) is 4.07. The van der Waals surface area contributed by atoms with Gasteiger partial charge in [0.1, 0.15) is 0 Å². The van der Waals surface area contributed by atoms with Gasteiger partial charge in [-0.2, -0.15) is 0 Å². The molecule has 0 aromatic carbocycles. The van der Waals surface area contributed by atoms with Crippen LogP contribution in [0.2, 0.25) is 0 Å². The lowest BCUT2D eigenvalue weighted by atomic mass is 9.93. The largest absolute Gasteiger partial charge is 0.389 e. The molecule has 0 bridgehead atoms. The van der Waals surface area contributed by atoms with Crippen molar-refractivity contribution in [2.75, 3.05) is 6.54 Å². The molecule has 0 amide bonds. The Bertz CT molecular complexity index is 127. The van der Waals surface area contributed by atoms with Gasteiger partial charge in [0.05, 0.1) is 0 Å². The summed E-state index contributed by atoms with van der Waals surface area (Å²) in [6.45, 7) is 13.8. The van der Waals surface area contributed by atoms with Crippen molar-refractivity contribution in [1.29, 1.82) is 0 Å². The summed E-state index contributed by atoms with van der Waals surface area (Å²) in [6, 6.07) is 0. The Kier molecular flexibility index (Phi) is 5.87. The maximum Gasteiger partial charge on any atom is 0.0143 e. The Labute approximate surface area is 77.2 Å². The third-order valence-corrected chi connectivity index (χ3v) is 2.40. The fourth-order valence-electron chi connectivity index (χ4n) is 1.06. The molecule has 1 nitrogen and oxygen atoms in total. The number of allylic oxidation sites excluding steroid dienone is 1. The molecule has 0 aromatic heterocycles. The lowest BCUT2D eigenvalue weighted by molar-refractivity contribution is 0.381. The van der Waals surface area contributed by atoms with E-state index in [0.717, 1.165) is 24.1 Å². The Balaban J connectivity index is 3.25. The molecule has 12 heavy (non-hydrogen) atoms. The summed E-state index contributed by atoms with van der Waals surface area (Å²) in [5, 5.41) is 3.25. The van der Waals surface area contributed by atoms with Crippen LogP contribution in [0, 0.1) is 11.8 Å². The average Bonchev–Trinajstić information content (AvgIpc) is 1.97. The van der Waals surface area contributed by atoms with Crippen molar-refractivity contribution in [3.05, 3.63) is 12.3 Å². The van der Waals surface area contributed by atoms with Gasteiger partial charge < -0.3 is 5.32 Å². The Morgan fingerprint density at radius 3 is 2.33 bits per heavy atom. The number of hydrogen-bond donors (Lipinski definition) is 1. The average molecular weight is 169 g/mol. The highest BCUT2D eigenvalue weighted by Crippen LogP contribution is 2.15. The van der Waals surface area contributed by atoms with Gasteiger partial charge in [-0.3, -0.25) is 0 Å². The van der Waals surface area contributed by atoms with Crippen LogP contribution in [0.15, 0.2) is 12.3 Å². The summed E-state index contributed by atoms with van der Waals surface area (Å²) in [6.07, 6.45) is 2.57. The van der Waals surface area contributed by atoms with Crippen molar-refractivity contribution in [1.82, 2.24) is 5.32 Å². The van der Waals surface area contributed by atoms with Crippen molar-refractivity contribution in [3.8, 4) is 0 Å². The van der Waals surface area contributed by atoms with Gasteiger partial charge in [0.25, 0.3) is 0 Å². The van der Waals surface area contributed by atoms with Gasteiger partial charge >= 0.3 is 0 Å². The highest BCUT2D eigenvalue weighted by atomic mass is 14.9. The summed E-state index contributed by atoms with van der Waals surface area (Å²) in [7, 11) is 0. The molecule has 1 N–H and O–H groups in total. The van der Waals surface area contributed by atoms with E-state index in [1.165, 1.54) is 12.8 Å². The van der Waals surface area contributed by atoms with E-state index in [0.29, 0.717) is 0 Å². The fourth-order valence-corrected chi connectivity index (χ4v) is 1.06. The molecule has 1 unspecified atom stereocenters. The second-order valence-corrected chi connectivity index (χ2v) is 4.07. The van der Waals surface area contributed by atoms with Crippen molar-refractivity contribution >= 4 is 0 Å². The number of hydrogen-bond acceptors (Lipinski definition) is 1. The van der Waals surface area contributed by atoms with E-state index in [4.69, 9.17) is 0 Å². The van der Waals surface area contributed by atoms with E-state index < -0.39 is 0 Å². The Morgan fingerprint density at radius 1 is 1.33 bits per heavy atom. The molecule has 0 aromatic rings. The predicted molar refractivity (Wildman–Crippen MR) is 56.1 cm³/mol. The first kappa shape index (κ1) is 11.5. The van der Waals surface area contributed by atoms with Crippen molar-refractivity contribution in [3.63, 3.8) is 0 Å². The Hall–Kier alpha value is -0.460. The van der Waals surface area contributed by atoms with Crippen molar-refractivity contribution < 1.29 is 0 Å². The normalized spacial score (nSPS) is 13.1. The van der Waals surface area contributed by atoms with Gasteiger partial charge in [-0.05, 0) is 31.6 Å². The minimum atomic E-state index is 0.815. The van der Waals surface area contributed by atoms with E-state index in [2.05, 4.69) is 32.7 Å². The second kappa shape index (κ2) is 6.10. The highest BCUT2D eigenvalue weighted by Gasteiger charge is 2.05. The van der Waals surface area contributed by atoms with Crippen LogP contribution >= 0.6 is 0 Å². The van der Waals surface area contributed by atoms with Crippen LogP contribution in [-0.4, -0.2) is 6.54 Å². The SMILES string of the molecule is C=C(C)NCCCC(C)C(C)C. The highest BCUT2D eigenvalue weighted by molar-refractivity contribution is 4.83. The molecule has 0 aliphatic heterocycles. The summed E-state index contributed by atoms with van der Waals surface area (Å²) in [5.74, 6) is 1.66. The molecular weight excluding hydrogens is 146 g/mol. The maximum absolute atomic E-state index is 3.80. The molecule has 0 radical (unpaired) electrons. The molecule has 72 valence electrons. The van der Waals surface area contributed by atoms with Crippen LogP contribution in [0.25, 0.3) is 0 Å². The molecule has 1 heteroatoms. The molecule has 0 aliphatic carbocycles. The summed E-state index contributed by atoms with van der Waals surface area (Å²) < 4.78 is 0. The van der Waals surface area contributed by atoms with E-state index >= 15 is 0 Å². The first-order valence-corrected chi connectivity index (χ1v) is 4.93.